The summed E-state index contributed by atoms with van der Waals surface area (Å²) in [6.45, 7) is 1.89. The number of esters is 1. The minimum Gasteiger partial charge on any atom is -0.497 e. The first-order valence-electron chi connectivity index (χ1n) is 6.67. The van der Waals surface area contributed by atoms with Crippen LogP contribution in [0.5, 0.6) is 11.5 Å². The SMILES string of the molecule is COc1ccc(C2OC(=O)c3c(C)cc(OC)cc32)cc1. The summed E-state index contributed by atoms with van der Waals surface area (Å²) in [7, 11) is 3.23. The molecule has 4 heteroatoms. The van der Waals surface area contributed by atoms with Crippen molar-refractivity contribution in [2.75, 3.05) is 14.2 Å². The Kier molecular flexibility index (Phi) is 3.29. The largest absolute Gasteiger partial charge is 0.497 e. The van der Waals surface area contributed by atoms with Crippen LogP contribution in [0.1, 0.15) is 33.2 Å². The Hall–Kier alpha value is -2.49. The second-order valence-corrected chi connectivity index (χ2v) is 4.97. The van der Waals surface area contributed by atoms with Gasteiger partial charge in [0.15, 0.2) is 6.10 Å². The van der Waals surface area contributed by atoms with Gasteiger partial charge in [0.1, 0.15) is 11.5 Å². The number of benzene rings is 2. The third-order valence-electron chi connectivity index (χ3n) is 3.71. The Morgan fingerprint density at radius 3 is 2.29 bits per heavy atom. The van der Waals surface area contributed by atoms with E-state index in [-0.39, 0.29) is 5.97 Å². The van der Waals surface area contributed by atoms with Crippen LogP contribution in [0.3, 0.4) is 0 Å². The van der Waals surface area contributed by atoms with Gasteiger partial charge in [-0.2, -0.15) is 0 Å². The van der Waals surface area contributed by atoms with Crippen LogP contribution >= 0.6 is 0 Å². The Labute approximate surface area is 123 Å². The lowest BCUT2D eigenvalue weighted by Gasteiger charge is -2.12. The van der Waals surface area contributed by atoms with Crippen molar-refractivity contribution in [1.29, 1.82) is 0 Å². The Bertz CT molecular complexity index is 689. The molecule has 108 valence electrons. The topological polar surface area (TPSA) is 44.8 Å². The molecule has 0 spiro atoms. The van der Waals surface area contributed by atoms with E-state index < -0.39 is 6.10 Å². The van der Waals surface area contributed by atoms with Gasteiger partial charge >= 0.3 is 5.97 Å². The molecule has 0 aliphatic carbocycles. The molecule has 4 nitrogen and oxygen atoms in total. The molecule has 0 bridgehead atoms. The molecule has 0 saturated heterocycles. The number of fused-ring (bicyclic) bond motifs is 1. The lowest BCUT2D eigenvalue weighted by molar-refractivity contribution is 0.0455. The fourth-order valence-electron chi connectivity index (χ4n) is 2.64. The van der Waals surface area contributed by atoms with Crippen molar-refractivity contribution in [2.45, 2.75) is 13.0 Å². The second-order valence-electron chi connectivity index (χ2n) is 4.97. The minimum absolute atomic E-state index is 0.286. The van der Waals surface area contributed by atoms with Gasteiger partial charge in [0.25, 0.3) is 0 Å². The molecule has 2 aromatic carbocycles. The van der Waals surface area contributed by atoms with Crippen molar-refractivity contribution in [3.05, 3.63) is 58.7 Å². The van der Waals surface area contributed by atoms with Crippen LogP contribution < -0.4 is 9.47 Å². The first-order chi connectivity index (χ1) is 10.1. The van der Waals surface area contributed by atoms with Crippen LogP contribution in [0, 0.1) is 6.92 Å². The van der Waals surface area contributed by atoms with Crippen LogP contribution in [-0.2, 0) is 4.74 Å². The van der Waals surface area contributed by atoms with Gasteiger partial charge in [-0.3, -0.25) is 0 Å². The van der Waals surface area contributed by atoms with Crippen molar-refractivity contribution >= 4 is 5.97 Å². The number of aryl methyl sites for hydroxylation is 1. The van der Waals surface area contributed by atoms with Crippen molar-refractivity contribution in [1.82, 2.24) is 0 Å². The number of carbonyl (C=O) groups is 1. The zero-order valence-corrected chi connectivity index (χ0v) is 12.2. The quantitative estimate of drug-likeness (QED) is 0.811. The van der Waals surface area contributed by atoms with E-state index in [1.807, 2.05) is 43.3 Å². The third kappa shape index (κ3) is 2.23. The fourth-order valence-corrected chi connectivity index (χ4v) is 2.64. The zero-order valence-electron chi connectivity index (χ0n) is 12.2. The average molecular weight is 284 g/mol. The first kappa shape index (κ1) is 13.5. The number of hydrogen-bond acceptors (Lipinski definition) is 4. The highest BCUT2D eigenvalue weighted by Gasteiger charge is 2.34. The van der Waals surface area contributed by atoms with E-state index in [4.69, 9.17) is 14.2 Å². The number of methoxy groups -OCH3 is 2. The molecule has 0 fully saturated rings. The van der Waals surface area contributed by atoms with E-state index in [1.165, 1.54) is 0 Å². The van der Waals surface area contributed by atoms with Crippen LogP contribution in [0.2, 0.25) is 0 Å². The molecule has 0 amide bonds. The minimum atomic E-state index is -0.396. The highest BCUT2D eigenvalue weighted by atomic mass is 16.5. The molecule has 1 heterocycles. The molecule has 3 rings (SSSR count). The van der Waals surface area contributed by atoms with Gasteiger partial charge in [-0.15, -0.1) is 0 Å². The van der Waals surface area contributed by atoms with E-state index in [1.54, 1.807) is 14.2 Å². The number of cyclic esters (lactones) is 1. The molecular formula is C17H16O4. The van der Waals surface area contributed by atoms with Crippen LogP contribution in [0.25, 0.3) is 0 Å². The summed E-state index contributed by atoms with van der Waals surface area (Å²) in [6.07, 6.45) is -0.396. The van der Waals surface area contributed by atoms with Gasteiger partial charge in [0, 0.05) is 5.56 Å². The lowest BCUT2D eigenvalue weighted by Crippen LogP contribution is -2.00. The molecule has 1 aliphatic heterocycles. The fraction of sp³-hybridized carbons (Fsp3) is 0.235. The van der Waals surface area contributed by atoms with Crippen molar-refractivity contribution in [2.24, 2.45) is 0 Å². The lowest BCUT2D eigenvalue weighted by atomic mass is 9.96. The summed E-state index contributed by atoms with van der Waals surface area (Å²) in [5.74, 6) is 1.21. The first-order valence-corrected chi connectivity index (χ1v) is 6.67. The van der Waals surface area contributed by atoms with Crippen LogP contribution in [-0.4, -0.2) is 20.2 Å². The molecule has 21 heavy (non-hydrogen) atoms. The van der Waals surface area contributed by atoms with Gasteiger partial charge in [0.2, 0.25) is 0 Å². The third-order valence-corrected chi connectivity index (χ3v) is 3.71. The maximum absolute atomic E-state index is 12.1. The predicted molar refractivity (Wildman–Crippen MR) is 78.0 cm³/mol. The highest BCUT2D eigenvalue weighted by molar-refractivity contribution is 5.96. The molecule has 2 aromatic rings. The standard InChI is InChI=1S/C17H16O4/c1-10-8-13(20-3)9-14-15(10)17(18)21-16(14)11-4-6-12(19-2)7-5-11/h4-9,16H,1-3H3. The Morgan fingerprint density at radius 1 is 1.00 bits per heavy atom. The van der Waals surface area contributed by atoms with Gasteiger partial charge in [-0.25, -0.2) is 4.79 Å². The molecule has 0 saturated carbocycles. The Balaban J connectivity index is 2.07. The summed E-state index contributed by atoms with van der Waals surface area (Å²) in [5, 5.41) is 0. The van der Waals surface area contributed by atoms with Gasteiger partial charge in [-0.05, 0) is 42.3 Å². The van der Waals surface area contributed by atoms with E-state index in [2.05, 4.69) is 0 Å². The summed E-state index contributed by atoms with van der Waals surface area (Å²) in [5.41, 5.74) is 3.26. The van der Waals surface area contributed by atoms with E-state index in [9.17, 15) is 4.79 Å². The summed E-state index contributed by atoms with van der Waals surface area (Å²) in [6, 6.07) is 11.2. The molecule has 1 unspecified atom stereocenters. The summed E-state index contributed by atoms with van der Waals surface area (Å²) < 4.78 is 16.0. The zero-order chi connectivity index (χ0) is 15.0. The van der Waals surface area contributed by atoms with Gasteiger partial charge in [-0.1, -0.05) is 12.1 Å². The number of ether oxygens (including phenoxy) is 3. The van der Waals surface area contributed by atoms with Gasteiger partial charge in [0.05, 0.1) is 19.8 Å². The summed E-state index contributed by atoms with van der Waals surface area (Å²) >= 11 is 0. The molecule has 0 radical (unpaired) electrons. The Morgan fingerprint density at radius 2 is 1.67 bits per heavy atom. The average Bonchev–Trinajstić information content (AvgIpc) is 2.84. The number of carbonyl (C=O) groups excluding carboxylic acids is 1. The molecule has 1 aliphatic rings. The van der Waals surface area contributed by atoms with Gasteiger partial charge < -0.3 is 14.2 Å². The van der Waals surface area contributed by atoms with Crippen LogP contribution in [0.4, 0.5) is 0 Å². The smallest absolute Gasteiger partial charge is 0.339 e. The molecule has 1 atom stereocenters. The molecule has 0 aromatic heterocycles. The normalized spacial score (nSPS) is 16.3. The highest BCUT2D eigenvalue weighted by Crippen LogP contribution is 2.39. The van der Waals surface area contributed by atoms with E-state index in [0.717, 1.165) is 28.2 Å². The van der Waals surface area contributed by atoms with E-state index in [0.29, 0.717) is 5.56 Å². The molecular weight excluding hydrogens is 268 g/mol. The number of hydrogen-bond donors (Lipinski definition) is 0. The van der Waals surface area contributed by atoms with Crippen molar-refractivity contribution in [3.8, 4) is 11.5 Å². The molecule has 0 N–H and O–H groups in total. The maximum atomic E-state index is 12.1. The maximum Gasteiger partial charge on any atom is 0.339 e. The second kappa shape index (κ2) is 5.13. The van der Waals surface area contributed by atoms with Crippen molar-refractivity contribution < 1.29 is 19.0 Å². The van der Waals surface area contributed by atoms with Crippen LogP contribution in [0.15, 0.2) is 36.4 Å². The number of rotatable bonds is 3. The summed E-state index contributed by atoms with van der Waals surface area (Å²) in [4.78, 5) is 12.1. The predicted octanol–water partition coefficient (Wildman–Crippen LogP) is 3.27. The monoisotopic (exact) mass is 284 g/mol. The van der Waals surface area contributed by atoms with Crippen molar-refractivity contribution in [3.63, 3.8) is 0 Å². The van der Waals surface area contributed by atoms with E-state index >= 15 is 0 Å².